The van der Waals surface area contributed by atoms with Crippen molar-refractivity contribution in [3.05, 3.63) is 95.0 Å². The van der Waals surface area contributed by atoms with Crippen LogP contribution in [0.2, 0.25) is 0 Å². The van der Waals surface area contributed by atoms with Crippen molar-refractivity contribution >= 4 is 33.0 Å². The smallest absolute Gasteiger partial charge is 0.338 e. The molecule has 33 heavy (non-hydrogen) atoms. The second-order valence-electron chi connectivity index (χ2n) is 7.16. The molecule has 0 unspecified atom stereocenters. The highest BCUT2D eigenvalue weighted by Crippen LogP contribution is 2.40. The quantitative estimate of drug-likeness (QED) is 0.392. The number of hydrogen-bond donors (Lipinski definition) is 0. The molecule has 0 saturated heterocycles. The van der Waals surface area contributed by atoms with Crippen LogP contribution in [0.1, 0.15) is 27.6 Å². The predicted molar refractivity (Wildman–Crippen MR) is 124 cm³/mol. The predicted octanol–water partition coefficient (Wildman–Crippen LogP) is 4.52. The van der Waals surface area contributed by atoms with Crippen molar-refractivity contribution in [2.24, 2.45) is 0 Å². The van der Waals surface area contributed by atoms with Gasteiger partial charge in [0.05, 0.1) is 29.9 Å². The topological polar surface area (TPSA) is 90.0 Å². The summed E-state index contributed by atoms with van der Waals surface area (Å²) in [7, 11) is -2.57. The summed E-state index contributed by atoms with van der Waals surface area (Å²) in [5.41, 5.74) is 1.43. The van der Waals surface area contributed by atoms with Crippen LogP contribution in [-0.2, 0) is 14.6 Å². The number of hydrogen-bond acceptors (Lipinski definition) is 7. The van der Waals surface area contributed by atoms with Gasteiger partial charge in [-0.3, -0.25) is 4.79 Å². The molecule has 0 spiro atoms. The molecule has 0 radical (unpaired) electrons. The number of ketones is 1. The average molecular weight is 464 g/mol. The molecule has 4 rings (SSSR count). The van der Waals surface area contributed by atoms with Gasteiger partial charge in [-0.1, -0.05) is 18.2 Å². The number of carbonyl (C=O) groups is 2. The van der Waals surface area contributed by atoms with Crippen LogP contribution in [0, 0.1) is 0 Å². The third-order valence-electron chi connectivity index (χ3n) is 5.16. The number of fused-ring (bicyclic) bond motifs is 1. The highest BCUT2D eigenvalue weighted by molar-refractivity contribution is 7.96. The fourth-order valence-corrected chi connectivity index (χ4v) is 5.08. The first-order valence-electron chi connectivity index (χ1n) is 10.2. The molecule has 1 aliphatic heterocycles. The first-order chi connectivity index (χ1) is 15.9. The molecular weight excluding hydrogens is 442 g/mol. The fraction of sp³-hybridized carbons (Fsp3) is 0.120. The van der Waals surface area contributed by atoms with Crippen LogP contribution >= 0.6 is 0 Å². The number of allylic oxidation sites excluding steroid dienone is 1. The van der Waals surface area contributed by atoms with E-state index in [0.29, 0.717) is 22.7 Å². The summed E-state index contributed by atoms with van der Waals surface area (Å²) in [4.78, 5) is 26.7. The monoisotopic (exact) mass is 463 g/mol. The fourth-order valence-electron chi connectivity index (χ4n) is 3.53. The summed E-state index contributed by atoms with van der Waals surface area (Å²) >= 11 is 0. The molecule has 0 N–H and O–H groups in total. The Morgan fingerprint density at radius 3 is 2.33 bits per heavy atom. The lowest BCUT2D eigenvalue weighted by Gasteiger charge is -2.29. The van der Waals surface area contributed by atoms with Crippen molar-refractivity contribution in [1.29, 1.82) is 0 Å². The van der Waals surface area contributed by atoms with E-state index in [9.17, 15) is 18.0 Å². The van der Waals surface area contributed by atoms with E-state index in [1.165, 1.54) is 31.5 Å². The van der Waals surface area contributed by atoms with Crippen molar-refractivity contribution in [3.63, 3.8) is 0 Å². The van der Waals surface area contributed by atoms with Gasteiger partial charge in [0.2, 0.25) is 15.6 Å². The Labute approximate surface area is 191 Å². The zero-order valence-electron chi connectivity index (χ0n) is 18.0. The van der Waals surface area contributed by atoms with E-state index in [1.807, 2.05) is 0 Å². The number of Topliss-reactive ketones (excluding diaryl/α,β-unsaturated/α-hetero) is 1. The summed E-state index contributed by atoms with van der Waals surface area (Å²) in [6.45, 7) is 1.95. The molecule has 0 aromatic heterocycles. The van der Waals surface area contributed by atoms with Gasteiger partial charge in [0, 0.05) is 17.5 Å². The molecule has 1 heterocycles. The van der Waals surface area contributed by atoms with E-state index in [4.69, 9.17) is 9.47 Å². The number of sulfone groups is 1. The minimum absolute atomic E-state index is 0.00546. The van der Waals surface area contributed by atoms with Gasteiger partial charge in [-0.25, -0.2) is 13.2 Å². The van der Waals surface area contributed by atoms with Crippen molar-refractivity contribution < 1.29 is 27.5 Å². The molecule has 7 nitrogen and oxygen atoms in total. The molecule has 0 aliphatic carbocycles. The summed E-state index contributed by atoms with van der Waals surface area (Å²) in [6, 6.07) is 19.2. The standard InChI is InChI=1S/C25H21NO6S/c1-3-32-25(28)18-7-6-8-19(15-18)26-16-23(24(27)17-11-13-20(31-2)14-12-17)33(29,30)22-10-5-4-9-21(22)26/h4-16H,3H2,1-2H3. The molecule has 0 amide bonds. The third-order valence-corrected chi connectivity index (χ3v) is 6.96. The Kier molecular flexibility index (Phi) is 6.02. The van der Waals surface area contributed by atoms with Crippen LogP contribution in [0.3, 0.4) is 0 Å². The molecule has 1 aliphatic rings. The lowest BCUT2D eigenvalue weighted by atomic mass is 10.1. The van der Waals surface area contributed by atoms with Gasteiger partial charge < -0.3 is 14.4 Å². The van der Waals surface area contributed by atoms with Gasteiger partial charge >= 0.3 is 5.97 Å². The molecule has 0 bridgehead atoms. The lowest BCUT2D eigenvalue weighted by molar-refractivity contribution is 0.0526. The Bertz CT molecular complexity index is 1360. The second kappa shape index (κ2) is 8.91. The number of nitrogens with zero attached hydrogens (tertiary/aromatic N) is 1. The summed E-state index contributed by atoms with van der Waals surface area (Å²) in [5, 5.41) is 0. The van der Waals surface area contributed by atoms with Gasteiger partial charge in [0.25, 0.3) is 0 Å². The van der Waals surface area contributed by atoms with Crippen LogP contribution in [-0.4, -0.2) is 33.9 Å². The Morgan fingerprint density at radius 2 is 1.64 bits per heavy atom. The largest absolute Gasteiger partial charge is 0.497 e. The third kappa shape index (κ3) is 4.12. The van der Waals surface area contributed by atoms with Gasteiger partial charge in [-0.05, 0) is 61.5 Å². The number of rotatable bonds is 6. The molecule has 8 heteroatoms. The van der Waals surface area contributed by atoms with Crippen molar-refractivity contribution in [2.45, 2.75) is 11.8 Å². The summed E-state index contributed by atoms with van der Waals surface area (Å²) in [6.07, 6.45) is 1.30. The molecular formula is C25H21NO6S. The van der Waals surface area contributed by atoms with Crippen LogP contribution < -0.4 is 9.64 Å². The SMILES string of the molecule is CCOC(=O)c1cccc(N2C=C(C(=O)c3ccc(OC)cc3)S(=O)(=O)c3ccccc32)c1. The Morgan fingerprint density at radius 1 is 0.909 bits per heavy atom. The lowest BCUT2D eigenvalue weighted by Crippen LogP contribution is -2.26. The number of benzene rings is 3. The van der Waals surface area contributed by atoms with Crippen molar-refractivity contribution in [2.75, 3.05) is 18.6 Å². The normalized spacial score (nSPS) is 14.1. The second-order valence-corrected chi connectivity index (χ2v) is 9.05. The Balaban J connectivity index is 1.85. The van der Waals surface area contributed by atoms with Crippen molar-refractivity contribution in [3.8, 4) is 5.75 Å². The van der Waals surface area contributed by atoms with Crippen LogP contribution in [0.25, 0.3) is 0 Å². The van der Waals surface area contributed by atoms with E-state index in [-0.39, 0.29) is 22.0 Å². The van der Waals surface area contributed by atoms with E-state index < -0.39 is 21.6 Å². The maximum absolute atomic E-state index is 13.4. The summed E-state index contributed by atoms with van der Waals surface area (Å²) < 4.78 is 36.9. The molecule has 3 aromatic rings. The highest BCUT2D eigenvalue weighted by atomic mass is 32.2. The first kappa shape index (κ1) is 22.3. The molecule has 3 aromatic carbocycles. The van der Waals surface area contributed by atoms with Gasteiger partial charge in [-0.2, -0.15) is 0 Å². The number of ether oxygens (including phenoxy) is 2. The van der Waals surface area contributed by atoms with E-state index in [2.05, 4.69) is 0 Å². The molecule has 0 fully saturated rings. The van der Waals surface area contributed by atoms with Crippen LogP contribution in [0.4, 0.5) is 11.4 Å². The zero-order valence-corrected chi connectivity index (χ0v) is 18.8. The maximum Gasteiger partial charge on any atom is 0.338 e. The number of esters is 1. The minimum Gasteiger partial charge on any atom is -0.497 e. The average Bonchev–Trinajstić information content (AvgIpc) is 2.84. The maximum atomic E-state index is 13.4. The van der Waals surface area contributed by atoms with Crippen LogP contribution in [0.5, 0.6) is 5.75 Å². The molecule has 0 saturated carbocycles. The highest BCUT2D eigenvalue weighted by Gasteiger charge is 2.36. The zero-order chi connectivity index (χ0) is 23.6. The van der Waals surface area contributed by atoms with E-state index in [0.717, 1.165) is 0 Å². The van der Waals surface area contributed by atoms with Gasteiger partial charge in [-0.15, -0.1) is 0 Å². The van der Waals surface area contributed by atoms with Crippen LogP contribution in [0.15, 0.2) is 88.8 Å². The Hall–Kier alpha value is -3.91. The number of methoxy groups -OCH3 is 1. The van der Waals surface area contributed by atoms with E-state index in [1.54, 1.807) is 66.4 Å². The van der Waals surface area contributed by atoms with E-state index >= 15 is 0 Å². The van der Waals surface area contributed by atoms with Gasteiger partial charge in [0.15, 0.2) is 0 Å². The first-order valence-corrected chi connectivity index (χ1v) is 11.7. The number of carbonyl (C=O) groups excluding carboxylic acids is 2. The summed E-state index contributed by atoms with van der Waals surface area (Å²) in [5.74, 6) is -0.579. The molecule has 0 atom stereocenters. The molecule has 168 valence electrons. The van der Waals surface area contributed by atoms with Gasteiger partial charge in [0.1, 0.15) is 10.7 Å². The number of anilines is 2. The van der Waals surface area contributed by atoms with Crippen molar-refractivity contribution in [1.82, 2.24) is 0 Å². The minimum atomic E-state index is -4.07. The number of para-hydroxylation sites is 1.